The van der Waals surface area contributed by atoms with E-state index < -0.39 is 126 Å². The molecule has 5 unspecified atom stereocenters. The normalized spacial score (nSPS) is 27.9. The highest BCUT2D eigenvalue weighted by Gasteiger charge is 2.44. The summed E-state index contributed by atoms with van der Waals surface area (Å²) in [6, 6.07) is 0.150. The summed E-state index contributed by atoms with van der Waals surface area (Å²) in [6.45, 7) is 5.41. The summed E-state index contributed by atoms with van der Waals surface area (Å²) in [6.07, 6.45) is -1.54. The van der Waals surface area contributed by atoms with Crippen LogP contribution in [0.2, 0.25) is 0 Å². The van der Waals surface area contributed by atoms with Gasteiger partial charge in [-0.15, -0.1) is 0 Å². The standard InChI is InChI=1S/C38H52N10O10S/c1-5-17(3)29-33(55)41-15-28(52)46-37-35(57)43-24(13-26(39)50)38(58)48-16-19(49)11-25(48)32(54)47-30(18(4)6-2)34(56)42-23(31(53)40-14-27(51)45-29)12-21-20-9-7-8-10-22(20)44-36(21)59-37/h7-10,17-19,23-25,29-30,37,44,49H,5-6,11-16H2,1-4H3,(H2,39,50)(H,40,53)(H,41,55)(H,42,56)(H,43,57)(H,45,51)(H,46,52)(H,47,54)/t17-,18?,19+,23-,24?,25?,29?,30-,37?/m0/s1. The fourth-order valence-corrected chi connectivity index (χ4v) is 8.32. The van der Waals surface area contributed by atoms with Crippen molar-refractivity contribution in [3.8, 4) is 0 Å². The predicted molar refractivity (Wildman–Crippen MR) is 212 cm³/mol. The number of aliphatic hydroxyl groups is 1. The molecule has 1 aromatic heterocycles. The van der Waals surface area contributed by atoms with Gasteiger partial charge in [0, 0.05) is 30.3 Å². The van der Waals surface area contributed by atoms with Gasteiger partial charge in [-0.3, -0.25) is 43.2 Å². The Kier molecular flexibility index (Phi) is 14.6. The fourth-order valence-electron chi connectivity index (χ4n) is 7.22. The Bertz CT molecular complexity index is 1990. The van der Waals surface area contributed by atoms with Crippen molar-refractivity contribution in [2.24, 2.45) is 17.6 Å². The second kappa shape index (κ2) is 19.4. The molecule has 5 rings (SSSR count). The summed E-state index contributed by atoms with van der Waals surface area (Å²) in [4.78, 5) is 128. The van der Waals surface area contributed by atoms with Gasteiger partial charge in [0.2, 0.25) is 47.3 Å². The van der Waals surface area contributed by atoms with E-state index in [9.17, 15) is 48.3 Å². The monoisotopic (exact) mass is 840 g/mol. The third-order valence-corrected chi connectivity index (χ3v) is 12.1. The van der Waals surface area contributed by atoms with Crippen LogP contribution in [0.15, 0.2) is 29.3 Å². The largest absolute Gasteiger partial charge is 0.391 e. The number of carbonyl (C=O) groups is 9. The molecule has 11 N–H and O–H groups in total. The van der Waals surface area contributed by atoms with Crippen LogP contribution in [-0.2, 0) is 49.6 Å². The minimum Gasteiger partial charge on any atom is -0.391 e. The van der Waals surface area contributed by atoms with Crippen molar-refractivity contribution in [3.63, 3.8) is 0 Å². The summed E-state index contributed by atoms with van der Waals surface area (Å²) in [5.41, 5.74) is 6.50. The first-order chi connectivity index (χ1) is 28.0. The molecule has 320 valence electrons. The molecule has 0 radical (unpaired) electrons. The van der Waals surface area contributed by atoms with Gasteiger partial charge in [-0.05, 0) is 23.5 Å². The number of amides is 9. The molecule has 0 spiro atoms. The lowest BCUT2D eigenvalue weighted by molar-refractivity contribution is -0.143. The number of hydrogen-bond acceptors (Lipinski definition) is 11. The van der Waals surface area contributed by atoms with Gasteiger partial charge in [0.1, 0.15) is 30.2 Å². The Morgan fingerprint density at radius 1 is 0.814 bits per heavy atom. The number of fused-ring (bicyclic) bond motifs is 4. The molecule has 1 aromatic carbocycles. The Balaban J connectivity index is 1.69. The van der Waals surface area contributed by atoms with Crippen molar-refractivity contribution in [1.29, 1.82) is 0 Å². The molecule has 21 heteroatoms. The van der Waals surface area contributed by atoms with Gasteiger partial charge < -0.3 is 57.9 Å². The van der Waals surface area contributed by atoms with E-state index >= 15 is 0 Å². The number of aromatic nitrogens is 1. The quantitative estimate of drug-likeness (QED) is 0.144. The number of para-hydroxylation sites is 1. The molecule has 20 nitrogen and oxygen atoms in total. The van der Waals surface area contributed by atoms with Crippen LogP contribution >= 0.6 is 11.8 Å². The van der Waals surface area contributed by atoms with Crippen LogP contribution in [0.3, 0.4) is 0 Å². The molecule has 0 saturated carbocycles. The Hall–Kier alpha value is -5.70. The molecule has 1 fully saturated rings. The van der Waals surface area contributed by atoms with Crippen molar-refractivity contribution < 1.29 is 48.3 Å². The topological polar surface area (TPSA) is 303 Å². The Labute approximate surface area is 344 Å². The average molecular weight is 841 g/mol. The van der Waals surface area contributed by atoms with Crippen LogP contribution < -0.4 is 43.0 Å². The lowest BCUT2D eigenvalue weighted by atomic mass is 9.96. The van der Waals surface area contributed by atoms with Crippen LogP contribution in [0.1, 0.15) is 58.9 Å². The van der Waals surface area contributed by atoms with E-state index in [2.05, 4.69) is 42.2 Å². The van der Waals surface area contributed by atoms with Crippen molar-refractivity contribution in [1.82, 2.24) is 47.1 Å². The number of H-pyrrole nitrogens is 1. The lowest BCUT2D eigenvalue weighted by Gasteiger charge is -2.31. The molecule has 9 atom stereocenters. The molecule has 4 heterocycles. The van der Waals surface area contributed by atoms with E-state index in [4.69, 9.17) is 5.73 Å². The van der Waals surface area contributed by atoms with Crippen molar-refractivity contribution in [2.75, 3.05) is 19.6 Å². The van der Waals surface area contributed by atoms with Gasteiger partial charge in [-0.2, -0.15) is 0 Å². The molecule has 0 aliphatic carbocycles. The Morgan fingerprint density at radius 3 is 2.10 bits per heavy atom. The summed E-state index contributed by atoms with van der Waals surface area (Å²) in [5, 5.41) is 28.1. The fraction of sp³-hybridized carbons (Fsp3) is 0.553. The predicted octanol–water partition coefficient (Wildman–Crippen LogP) is -2.63. The number of nitrogens with zero attached hydrogens (tertiary/aromatic N) is 1. The number of carbonyl (C=O) groups excluding carboxylic acids is 9. The molecular weight excluding hydrogens is 789 g/mol. The molecular formula is C38H52N10O10S. The molecule has 2 bridgehead atoms. The smallest absolute Gasteiger partial charge is 0.254 e. The molecule has 1 saturated heterocycles. The zero-order chi connectivity index (χ0) is 43.1. The zero-order valence-electron chi connectivity index (χ0n) is 33.2. The number of thioether (sulfide) groups is 1. The number of aliphatic hydroxyl groups excluding tert-OH is 1. The number of aromatic amines is 1. The van der Waals surface area contributed by atoms with Gasteiger partial charge in [0.25, 0.3) is 5.91 Å². The van der Waals surface area contributed by atoms with E-state index in [0.717, 1.165) is 16.7 Å². The Morgan fingerprint density at radius 2 is 1.44 bits per heavy atom. The summed E-state index contributed by atoms with van der Waals surface area (Å²) in [5.74, 6) is -8.47. The van der Waals surface area contributed by atoms with Gasteiger partial charge >= 0.3 is 0 Å². The highest BCUT2D eigenvalue weighted by molar-refractivity contribution is 8.00. The molecule has 2 aromatic rings. The van der Waals surface area contributed by atoms with Crippen molar-refractivity contribution in [2.45, 2.75) is 107 Å². The molecule has 59 heavy (non-hydrogen) atoms. The number of hydrogen-bond donors (Lipinski definition) is 10. The maximum atomic E-state index is 14.3. The second-order valence-electron chi connectivity index (χ2n) is 15.2. The highest BCUT2D eigenvalue weighted by Crippen LogP contribution is 2.33. The van der Waals surface area contributed by atoms with E-state index in [0.29, 0.717) is 29.3 Å². The molecule has 3 aliphatic rings. The van der Waals surface area contributed by atoms with Gasteiger partial charge in [-0.25, -0.2) is 0 Å². The maximum Gasteiger partial charge on any atom is 0.254 e. The SMILES string of the molecule is CCC(C)[C@@H]1NC(=O)C2C[C@@H](O)CN2C(=O)C(CC(N)=O)NC(=O)C2NC(=O)CNC(=O)C([C@@H](C)CC)NC(=O)CNC(=O)[C@H](Cc3c([nH]c4ccccc34)S2)NC1=O. The first-order valence-electron chi connectivity index (χ1n) is 19.6. The highest BCUT2D eigenvalue weighted by atomic mass is 32.2. The number of nitrogens with one attached hydrogen (secondary N) is 8. The number of primary amides is 1. The number of rotatable bonds is 6. The number of benzene rings is 1. The van der Waals surface area contributed by atoms with Gasteiger partial charge in [0.05, 0.1) is 30.6 Å². The summed E-state index contributed by atoms with van der Waals surface area (Å²) < 4.78 is 0. The minimum absolute atomic E-state index is 0.226. The molecule has 3 aliphatic heterocycles. The third-order valence-electron chi connectivity index (χ3n) is 10.9. The van der Waals surface area contributed by atoms with Crippen LogP contribution in [0.5, 0.6) is 0 Å². The first-order valence-corrected chi connectivity index (χ1v) is 20.5. The van der Waals surface area contributed by atoms with Crippen LogP contribution in [0.4, 0.5) is 0 Å². The second-order valence-corrected chi connectivity index (χ2v) is 16.3. The van der Waals surface area contributed by atoms with Crippen molar-refractivity contribution in [3.05, 3.63) is 29.8 Å². The zero-order valence-corrected chi connectivity index (χ0v) is 34.0. The van der Waals surface area contributed by atoms with Crippen LogP contribution in [0.25, 0.3) is 10.9 Å². The first kappa shape index (κ1) is 44.4. The van der Waals surface area contributed by atoms with E-state index in [1.54, 1.807) is 52.0 Å². The summed E-state index contributed by atoms with van der Waals surface area (Å²) >= 11 is 0.788. The van der Waals surface area contributed by atoms with Gasteiger partial charge in [0.15, 0.2) is 5.37 Å². The van der Waals surface area contributed by atoms with Crippen LogP contribution in [-0.4, -0.2) is 129 Å². The van der Waals surface area contributed by atoms with Crippen molar-refractivity contribution >= 4 is 75.8 Å². The maximum absolute atomic E-state index is 14.3. The summed E-state index contributed by atoms with van der Waals surface area (Å²) in [7, 11) is 0. The third kappa shape index (κ3) is 10.7. The molecule has 9 amide bonds. The lowest BCUT2D eigenvalue weighted by Crippen LogP contribution is -2.60. The van der Waals surface area contributed by atoms with Gasteiger partial charge in [-0.1, -0.05) is 70.5 Å². The van der Waals surface area contributed by atoms with E-state index in [-0.39, 0.29) is 24.4 Å². The van der Waals surface area contributed by atoms with Crippen LogP contribution in [0, 0.1) is 11.8 Å². The van der Waals surface area contributed by atoms with E-state index in [1.165, 1.54) is 0 Å². The average Bonchev–Trinajstić information content (AvgIpc) is 3.76. The minimum atomic E-state index is -1.67. The van der Waals surface area contributed by atoms with E-state index in [1.807, 2.05) is 0 Å². The number of nitrogens with two attached hydrogens (primary N) is 1.